The third-order valence-corrected chi connectivity index (χ3v) is 7.80. The van der Waals surface area contributed by atoms with E-state index in [1.165, 1.54) is 5.56 Å². The Bertz CT molecular complexity index is 798. The van der Waals surface area contributed by atoms with Crippen molar-refractivity contribution in [2.24, 2.45) is 5.92 Å². The maximum absolute atomic E-state index is 10.2. The average Bonchev–Trinajstić information content (AvgIpc) is 2.69. The van der Waals surface area contributed by atoms with Crippen LogP contribution >= 0.6 is 31.9 Å². The van der Waals surface area contributed by atoms with Crippen LogP contribution in [0.25, 0.3) is 0 Å². The van der Waals surface area contributed by atoms with Crippen molar-refractivity contribution in [3.63, 3.8) is 0 Å². The predicted octanol–water partition coefficient (Wildman–Crippen LogP) is 6.97. The second-order valence-electron chi connectivity index (χ2n) is 7.97. The molecule has 0 saturated carbocycles. The molecule has 0 aliphatic heterocycles. The van der Waals surface area contributed by atoms with E-state index in [1.54, 1.807) is 0 Å². The minimum atomic E-state index is -0.474. The Morgan fingerprint density at radius 3 is 2.29 bits per heavy atom. The van der Waals surface area contributed by atoms with Crippen molar-refractivity contribution in [3.05, 3.63) is 68.6 Å². The molecule has 0 aliphatic rings. The van der Waals surface area contributed by atoms with Crippen LogP contribution in [0.4, 0.5) is 0 Å². The number of nitriles is 1. The SMILES string of the molecule is CC(CCC(C#N)(c1ccc(Br)c(Br)c1)C(C)C)N(C)CCc1ccccc1. The highest BCUT2D eigenvalue weighted by Crippen LogP contribution is 2.39. The van der Waals surface area contributed by atoms with Gasteiger partial charge in [0.15, 0.2) is 0 Å². The zero-order chi connectivity index (χ0) is 20.7. The van der Waals surface area contributed by atoms with Gasteiger partial charge in [-0.2, -0.15) is 5.26 Å². The molecule has 0 spiro atoms. The van der Waals surface area contributed by atoms with Crippen LogP contribution in [0.5, 0.6) is 0 Å². The molecular weight excluding hydrogens is 476 g/mol. The normalized spacial score (nSPS) is 14.7. The number of benzene rings is 2. The zero-order valence-corrected chi connectivity index (χ0v) is 20.4. The standard InChI is InChI=1S/C24H30Br2N2/c1-18(2)24(17-27,21-10-11-22(25)23(26)16-21)14-12-19(3)28(4)15-13-20-8-6-5-7-9-20/h5-11,16,18-19H,12-15H2,1-4H3. The molecule has 2 aromatic carbocycles. The summed E-state index contributed by atoms with van der Waals surface area (Å²) in [5.41, 5.74) is 1.99. The number of halogens is 2. The first-order chi connectivity index (χ1) is 13.3. The Hall–Kier alpha value is -1.15. The van der Waals surface area contributed by atoms with E-state index in [0.29, 0.717) is 6.04 Å². The number of rotatable bonds is 9. The lowest BCUT2D eigenvalue weighted by Crippen LogP contribution is -2.36. The summed E-state index contributed by atoms with van der Waals surface area (Å²) in [5.74, 6) is 0.243. The van der Waals surface area contributed by atoms with E-state index >= 15 is 0 Å². The van der Waals surface area contributed by atoms with Gasteiger partial charge in [0.1, 0.15) is 0 Å². The van der Waals surface area contributed by atoms with Crippen LogP contribution in [0.1, 0.15) is 44.7 Å². The molecule has 2 aromatic rings. The molecule has 0 saturated heterocycles. The quantitative estimate of drug-likeness (QED) is 0.367. The highest BCUT2D eigenvalue weighted by Gasteiger charge is 2.36. The van der Waals surface area contributed by atoms with Crippen molar-refractivity contribution >= 4 is 31.9 Å². The van der Waals surface area contributed by atoms with Gasteiger partial charge >= 0.3 is 0 Å². The topological polar surface area (TPSA) is 27.0 Å². The Kier molecular flexibility index (Phi) is 8.74. The van der Waals surface area contributed by atoms with Crippen molar-refractivity contribution in [2.45, 2.75) is 51.5 Å². The number of hydrogen-bond donors (Lipinski definition) is 0. The number of likely N-dealkylation sites (N-methyl/N-ethyl adjacent to an activating group) is 1. The van der Waals surface area contributed by atoms with Crippen molar-refractivity contribution in [1.29, 1.82) is 5.26 Å². The molecule has 0 fully saturated rings. The fraction of sp³-hybridized carbons (Fsp3) is 0.458. The molecule has 4 heteroatoms. The first kappa shape index (κ1) is 23.1. The summed E-state index contributed by atoms with van der Waals surface area (Å²) in [6.07, 6.45) is 2.89. The molecule has 28 heavy (non-hydrogen) atoms. The largest absolute Gasteiger partial charge is 0.303 e. The molecule has 0 aliphatic carbocycles. The van der Waals surface area contributed by atoms with Crippen LogP contribution in [-0.4, -0.2) is 24.5 Å². The van der Waals surface area contributed by atoms with Gasteiger partial charge in [-0.3, -0.25) is 0 Å². The van der Waals surface area contributed by atoms with Crippen LogP contribution in [-0.2, 0) is 11.8 Å². The van der Waals surface area contributed by atoms with Gasteiger partial charge in [-0.15, -0.1) is 0 Å². The molecule has 0 bridgehead atoms. The van der Waals surface area contributed by atoms with Gasteiger partial charge in [0.25, 0.3) is 0 Å². The number of nitrogens with zero attached hydrogens (tertiary/aromatic N) is 2. The molecule has 0 heterocycles. The van der Waals surface area contributed by atoms with E-state index in [4.69, 9.17) is 0 Å². The van der Waals surface area contributed by atoms with Crippen molar-refractivity contribution < 1.29 is 0 Å². The van der Waals surface area contributed by atoms with E-state index in [9.17, 15) is 5.26 Å². The first-order valence-corrected chi connectivity index (χ1v) is 11.5. The summed E-state index contributed by atoms with van der Waals surface area (Å²) in [4.78, 5) is 2.41. The van der Waals surface area contributed by atoms with Gasteiger partial charge in [0.2, 0.25) is 0 Å². The van der Waals surface area contributed by atoms with E-state index in [0.717, 1.165) is 40.3 Å². The molecule has 2 rings (SSSR count). The fourth-order valence-electron chi connectivity index (χ4n) is 3.62. The summed E-state index contributed by atoms with van der Waals surface area (Å²) in [7, 11) is 2.19. The molecule has 2 unspecified atom stereocenters. The number of hydrogen-bond acceptors (Lipinski definition) is 2. The maximum atomic E-state index is 10.2. The molecule has 0 aromatic heterocycles. The lowest BCUT2D eigenvalue weighted by Gasteiger charge is -2.34. The molecule has 0 radical (unpaired) electrons. The summed E-state index contributed by atoms with van der Waals surface area (Å²) in [6, 6.07) is 19.9. The highest BCUT2D eigenvalue weighted by atomic mass is 79.9. The molecular formula is C24H30Br2N2. The van der Waals surface area contributed by atoms with Crippen LogP contribution in [0, 0.1) is 17.2 Å². The predicted molar refractivity (Wildman–Crippen MR) is 125 cm³/mol. The van der Waals surface area contributed by atoms with Gasteiger partial charge in [-0.05, 0) is 94.3 Å². The van der Waals surface area contributed by atoms with Crippen LogP contribution in [0.2, 0.25) is 0 Å². The Balaban J connectivity index is 2.06. The fourth-order valence-corrected chi connectivity index (χ4v) is 4.24. The van der Waals surface area contributed by atoms with Gasteiger partial charge in [0.05, 0.1) is 11.5 Å². The van der Waals surface area contributed by atoms with Crippen LogP contribution < -0.4 is 0 Å². The molecule has 2 atom stereocenters. The first-order valence-electron chi connectivity index (χ1n) is 9.91. The van der Waals surface area contributed by atoms with E-state index in [2.05, 4.69) is 113 Å². The molecule has 0 amide bonds. The third kappa shape index (κ3) is 5.69. The van der Waals surface area contributed by atoms with E-state index < -0.39 is 5.41 Å². The van der Waals surface area contributed by atoms with Crippen LogP contribution in [0.3, 0.4) is 0 Å². The Labute approximate surface area is 187 Å². The second-order valence-corrected chi connectivity index (χ2v) is 9.68. The maximum Gasteiger partial charge on any atom is 0.0846 e. The smallest absolute Gasteiger partial charge is 0.0846 e. The lowest BCUT2D eigenvalue weighted by molar-refractivity contribution is 0.225. The van der Waals surface area contributed by atoms with Crippen molar-refractivity contribution in [2.75, 3.05) is 13.6 Å². The summed E-state index contributed by atoms with van der Waals surface area (Å²) in [6.45, 7) is 7.60. The summed E-state index contributed by atoms with van der Waals surface area (Å²) in [5, 5.41) is 10.2. The Morgan fingerprint density at radius 1 is 1.04 bits per heavy atom. The molecule has 0 N–H and O–H groups in total. The lowest BCUT2D eigenvalue weighted by atomic mass is 9.69. The van der Waals surface area contributed by atoms with Gasteiger partial charge < -0.3 is 4.90 Å². The highest BCUT2D eigenvalue weighted by molar-refractivity contribution is 9.13. The molecule has 150 valence electrons. The summed E-state index contributed by atoms with van der Waals surface area (Å²) < 4.78 is 2.01. The van der Waals surface area contributed by atoms with Crippen molar-refractivity contribution in [1.82, 2.24) is 4.90 Å². The molecule has 2 nitrogen and oxygen atoms in total. The minimum absolute atomic E-state index is 0.243. The van der Waals surface area contributed by atoms with Crippen molar-refractivity contribution in [3.8, 4) is 6.07 Å². The average molecular weight is 506 g/mol. The zero-order valence-electron chi connectivity index (χ0n) is 17.3. The third-order valence-electron chi connectivity index (χ3n) is 5.92. The van der Waals surface area contributed by atoms with E-state index in [1.807, 2.05) is 6.07 Å². The van der Waals surface area contributed by atoms with E-state index in [-0.39, 0.29) is 5.92 Å². The Morgan fingerprint density at radius 2 is 1.71 bits per heavy atom. The van der Waals surface area contributed by atoms with Gasteiger partial charge in [0, 0.05) is 21.5 Å². The minimum Gasteiger partial charge on any atom is -0.303 e. The monoisotopic (exact) mass is 504 g/mol. The van der Waals surface area contributed by atoms with Crippen LogP contribution in [0.15, 0.2) is 57.5 Å². The second kappa shape index (κ2) is 10.6. The van der Waals surface area contributed by atoms with Gasteiger partial charge in [-0.1, -0.05) is 50.2 Å². The summed E-state index contributed by atoms with van der Waals surface area (Å²) >= 11 is 7.13. The van der Waals surface area contributed by atoms with Gasteiger partial charge in [-0.25, -0.2) is 0 Å².